The van der Waals surface area contributed by atoms with Gasteiger partial charge in [0.25, 0.3) is 5.82 Å². The molecule has 0 saturated carbocycles. The predicted octanol–water partition coefficient (Wildman–Crippen LogP) is 1.54. The second-order valence-electron chi connectivity index (χ2n) is 5.18. The third kappa shape index (κ3) is 1.02. The summed E-state index contributed by atoms with van der Waals surface area (Å²) in [5, 5.41) is 0. The summed E-state index contributed by atoms with van der Waals surface area (Å²) in [7, 11) is 2.10. The van der Waals surface area contributed by atoms with E-state index in [1.54, 1.807) is 0 Å². The molecule has 0 aromatic carbocycles. The number of hydrogen-bond donors (Lipinski definition) is 0. The Morgan fingerprint density at radius 2 is 2.10 bits per heavy atom. The van der Waals surface area contributed by atoms with Crippen LogP contribution in [0, 0.1) is 0 Å². The maximum Gasteiger partial charge on any atom is 0.292 e. The van der Waals surface area contributed by atoms with Crippen molar-refractivity contribution in [3.8, 4) is 11.4 Å². The van der Waals surface area contributed by atoms with Crippen molar-refractivity contribution in [2.45, 2.75) is 6.54 Å². The van der Waals surface area contributed by atoms with Gasteiger partial charge < -0.3 is 4.40 Å². The number of imidazole rings is 1. The van der Waals surface area contributed by atoms with Crippen molar-refractivity contribution in [2.24, 2.45) is 7.05 Å². The van der Waals surface area contributed by atoms with Gasteiger partial charge in [0.1, 0.15) is 6.54 Å². The highest BCUT2D eigenvalue weighted by atomic mass is 15.2. The molecule has 0 aliphatic carbocycles. The van der Waals surface area contributed by atoms with Gasteiger partial charge >= 0.3 is 0 Å². The lowest BCUT2D eigenvalue weighted by Gasteiger charge is -1.95. The Morgan fingerprint density at radius 3 is 3.05 bits per heavy atom. The highest BCUT2D eigenvalue weighted by Gasteiger charge is 2.35. The molecule has 1 aliphatic rings. The number of aryl methyl sites for hydroxylation is 1. The van der Waals surface area contributed by atoms with E-state index in [1.807, 2.05) is 30.7 Å². The molecule has 0 spiro atoms. The normalized spacial score (nSPS) is 13.1. The van der Waals surface area contributed by atoms with E-state index in [-0.39, 0.29) is 0 Å². The zero-order chi connectivity index (χ0) is 13.3. The lowest BCUT2D eigenvalue weighted by molar-refractivity contribution is -0.633. The van der Waals surface area contributed by atoms with Crippen LogP contribution < -0.4 is 4.57 Å². The van der Waals surface area contributed by atoms with Gasteiger partial charge in [0.2, 0.25) is 5.52 Å². The van der Waals surface area contributed by atoms with Crippen LogP contribution in [0.5, 0.6) is 0 Å². The number of aromatic nitrogens is 5. The van der Waals surface area contributed by atoms with Crippen molar-refractivity contribution in [1.29, 1.82) is 0 Å². The molecule has 5 heterocycles. The molecule has 5 nitrogen and oxygen atoms in total. The summed E-state index contributed by atoms with van der Waals surface area (Å²) in [5.41, 5.74) is 5.75. The molecule has 0 unspecified atom stereocenters. The first-order valence-corrected chi connectivity index (χ1v) is 6.63. The quantitative estimate of drug-likeness (QED) is 0.397. The highest BCUT2D eigenvalue weighted by molar-refractivity contribution is 5.89. The molecule has 96 valence electrons. The van der Waals surface area contributed by atoms with E-state index >= 15 is 0 Å². The van der Waals surface area contributed by atoms with Crippen LogP contribution in [0.4, 0.5) is 0 Å². The van der Waals surface area contributed by atoms with Gasteiger partial charge in [0.05, 0.1) is 24.5 Å². The lowest BCUT2D eigenvalue weighted by Crippen LogP contribution is -2.29. The number of fused-ring (bicyclic) bond motifs is 7. The monoisotopic (exact) mass is 262 g/mol. The molecule has 0 atom stereocenters. The van der Waals surface area contributed by atoms with E-state index in [1.165, 1.54) is 22.4 Å². The number of pyridine rings is 1. The zero-order valence-electron chi connectivity index (χ0n) is 11.0. The maximum atomic E-state index is 4.51. The molecule has 20 heavy (non-hydrogen) atoms. The fraction of sp³-hybridized carbons (Fsp3) is 0.133. The van der Waals surface area contributed by atoms with E-state index < -0.39 is 0 Å². The Balaban J connectivity index is 1.98. The van der Waals surface area contributed by atoms with Gasteiger partial charge in [-0.05, 0) is 18.2 Å². The lowest BCUT2D eigenvalue weighted by atomic mass is 10.2. The molecular weight excluding hydrogens is 250 g/mol. The highest BCUT2D eigenvalue weighted by Crippen LogP contribution is 2.33. The molecular formula is C15H12N5+. The SMILES string of the molecule is C[n+]1c2n(c3cn4cccnc4c31)Cc1ncccc1-2. The van der Waals surface area contributed by atoms with Gasteiger partial charge in [-0.1, -0.05) is 0 Å². The van der Waals surface area contributed by atoms with Gasteiger partial charge in [-0.15, -0.1) is 0 Å². The standard InChI is InChI=1S/C15H12N5/c1-18-13-12(9-19-7-3-6-17-14(13)19)20-8-11-10(15(18)20)4-2-5-16-11/h2-7,9H,8H2,1H3/q+1. The van der Waals surface area contributed by atoms with E-state index in [0.29, 0.717) is 0 Å². The van der Waals surface area contributed by atoms with Crippen LogP contribution in [0.2, 0.25) is 0 Å². The van der Waals surface area contributed by atoms with E-state index in [9.17, 15) is 0 Å². The molecule has 0 saturated heterocycles. The Bertz CT molecular complexity index is 992. The first kappa shape index (κ1) is 10.1. The predicted molar refractivity (Wildman–Crippen MR) is 74.2 cm³/mol. The van der Waals surface area contributed by atoms with Crippen molar-refractivity contribution in [3.63, 3.8) is 0 Å². The minimum absolute atomic E-state index is 0.833. The molecule has 0 fully saturated rings. The van der Waals surface area contributed by atoms with Crippen LogP contribution in [0.15, 0.2) is 43.0 Å². The smallest absolute Gasteiger partial charge is 0.292 e. The summed E-state index contributed by atoms with van der Waals surface area (Å²) in [6.45, 7) is 0.833. The number of rotatable bonds is 0. The average Bonchev–Trinajstić information content (AvgIpc) is 3.10. The van der Waals surface area contributed by atoms with Crippen LogP contribution in [0.25, 0.3) is 28.1 Å². The summed E-state index contributed by atoms with van der Waals surface area (Å²) >= 11 is 0. The van der Waals surface area contributed by atoms with Crippen molar-refractivity contribution in [3.05, 3.63) is 48.7 Å². The van der Waals surface area contributed by atoms with Crippen LogP contribution in [-0.2, 0) is 13.6 Å². The molecule has 0 bridgehead atoms. The first-order chi connectivity index (χ1) is 9.84. The zero-order valence-corrected chi connectivity index (χ0v) is 11.0. The second-order valence-corrected chi connectivity index (χ2v) is 5.18. The number of nitrogens with zero attached hydrogens (tertiary/aromatic N) is 5. The molecule has 0 N–H and O–H groups in total. The van der Waals surface area contributed by atoms with Crippen molar-refractivity contribution in [1.82, 2.24) is 18.9 Å². The summed E-state index contributed by atoms with van der Waals surface area (Å²) in [5.74, 6) is 1.21. The molecule has 4 aromatic rings. The minimum atomic E-state index is 0.833. The molecule has 5 heteroatoms. The third-order valence-electron chi connectivity index (χ3n) is 4.13. The first-order valence-electron chi connectivity index (χ1n) is 6.63. The van der Waals surface area contributed by atoms with Gasteiger partial charge in [0.15, 0.2) is 11.2 Å². The van der Waals surface area contributed by atoms with E-state index in [4.69, 9.17) is 0 Å². The molecule has 0 amide bonds. The van der Waals surface area contributed by atoms with E-state index in [2.05, 4.69) is 42.8 Å². The second kappa shape index (κ2) is 3.25. The largest absolute Gasteiger partial charge is 0.300 e. The van der Waals surface area contributed by atoms with Gasteiger partial charge in [0, 0.05) is 18.6 Å². The van der Waals surface area contributed by atoms with Crippen molar-refractivity contribution < 1.29 is 4.57 Å². The molecule has 4 aromatic heterocycles. The van der Waals surface area contributed by atoms with Crippen molar-refractivity contribution >= 4 is 16.7 Å². The minimum Gasteiger partial charge on any atom is -0.300 e. The summed E-state index contributed by atoms with van der Waals surface area (Å²) < 4.78 is 6.63. The van der Waals surface area contributed by atoms with Crippen LogP contribution in [-0.4, -0.2) is 18.9 Å². The molecule has 1 aliphatic heterocycles. The summed E-state index contributed by atoms with van der Waals surface area (Å²) in [6, 6.07) is 6.09. The summed E-state index contributed by atoms with van der Waals surface area (Å²) in [4.78, 5) is 9.00. The van der Waals surface area contributed by atoms with Gasteiger partial charge in [-0.25, -0.2) is 14.1 Å². The molecule has 5 rings (SSSR count). The Hall–Kier alpha value is -2.69. The fourth-order valence-electron chi connectivity index (χ4n) is 3.30. The Kier molecular flexibility index (Phi) is 1.65. The average molecular weight is 262 g/mol. The fourth-order valence-corrected chi connectivity index (χ4v) is 3.30. The molecule has 0 radical (unpaired) electrons. The van der Waals surface area contributed by atoms with Crippen molar-refractivity contribution in [2.75, 3.05) is 0 Å². The van der Waals surface area contributed by atoms with Crippen LogP contribution >= 0.6 is 0 Å². The third-order valence-corrected chi connectivity index (χ3v) is 4.13. The van der Waals surface area contributed by atoms with Crippen LogP contribution in [0.1, 0.15) is 5.69 Å². The maximum absolute atomic E-state index is 4.51. The number of hydrogen-bond acceptors (Lipinski definition) is 2. The van der Waals surface area contributed by atoms with E-state index in [0.717, 1.165) is 17.9 Å². The Labute approximate surface area is 114 Å². The van der Waals surface area contributed by atoms with Gasteiger partial charge in [-0.2, -0.15) is 0 Å². The van der Waals surface area contributed by atoms with Crippen LogP contribution in [0.3, 0.4) is 0 Å². The Morgan fingerprint density at radius 1 is 1.20 bits per heavy atom. The summed E-state index contributed by atoms with van der Waals surface area (Å²) in [6.07, 6.45) is 7.88. The topological polar surface area (TPSA) is 39.0 Å². The van der Waals surface area contributed by atoms with Gasteiger partial charge in [-0.3, -0.25) is 4.98 Å².